The topological polar surface area (TPSA) is 266 Å². The smallest absolute Gasteiger partial charge is 0.412 e. The van der Waals surface area contributed by atoms with Crippen molar-refractivity contribution in [1.29, 1.82) is 0 Å². The number of amides is 5. The number of ether oxygens (including phenoxy) is 5. The Morgan fingerprint density at radius 3 is 1.32 bits per heavy atom. The van der Waals surface area contributed by atoms with Crippen molar-refractivity contribution in [3.63, 3.8) is 0 Å². The van der Waals surface area contributed by atoms with Gasteiger partial charge in [-0.1, -0.05) is 76.0 Å². The fourth-order valence-electron chi connectivity index (χ4n) is 9.00. The van der Waals surface area contributed by atoms with Crippen molar-refractivity contribution in [1.82, 2.24) is 36.4 Å². The van der Waals surface area contributed by atoms with Crippen LogP contribution in [0.1, 0.15) is 91.5 Å². The molecule has 7 aliphatic rings. The first-order valence-corrected chi connectivity index (χ1v) is 24.8. The molecule has 0 aliphatic carbocycles. The monoisotopic (exact) mass is 1100 g/mol. The number of carbonyl (C=O) groups is 9. The average Bonchev–Trinajstić information content (AvgIpc) is 4.10. The molecule has 0 saturated carbocycles. The molecule has 5 N–H and O–H groups in total. The van der Waals surface area contributed by atoms with Crippen molar-refractivity contribution < 1.29 is 66.8 Å². The molecule has 1 aromatic carbocycles. The fraction of sp³-hybridized carbons (Fsp3) is 0.674. The van der Waals surface area contributed by atoms with E-state index in [9.17, 15) is 43.2 Å². The standard InChI is InChI=1S/C15H19NO4.C13H19N3O4.C8H12Br2O4.C8H11N3O2.C2H6/c1-19-14(17)12-8-9-13(15(18)20-2)16(12)10-11-6-4-3-5-7-11;1-11(2,3)20-10(19)16-12(6-14-8(12)17)4-5-13(16)7-15-9(13)18;1-13-7(11)5(9)3-4-6(10)8(12)14-2;12-5-7(3-9-5)1-2-8(11-7)4-10-6(8)13;1-2/h3-7,12-13H,8-10H2,1-2H3;4-7H2,1-3H3,(H,14,17)(H,15,18);5-6H,3-4H2,1-2H3;11H,1-4H2,(H,9,12)(H,10,13);1-2H3. The number of alkyl halides is 2. The van der Waals surface area contributed by atoms with Crippen LogP contribution in [-0.2, 0) is 68.6 Å². The predicted molar refractivity (Wildman–Crippen MR) is 256 cm³/mol. The molecule has 5 amide bonds. The summed E-state index contributed by atoms with van der Waals surface area (Å²) >= 11 is 6.31. The molecule has 8 atom stereocenters. The maximum atomic E-state index is 12.5. The Morgan fingerprint density at radius 2 is 1.04 bits per heavy atom. The summed E-state index contributed by atoms with van der Waals surface area (Å²) in [6.07, 6.45) is 4.24. The highest BCUT2D eigenvalue weighted by Gasteiger charge is 2.70. The lowest BCUT2D eigenvalue weighted by Gasteiger charge is -2.52. The van der Waals surface area contributed by atoms with Gasteiger partial charge in [-0.3, -0.25) is 53.5 Å². The van der Waals surface area contributed by atoms with Crippen molar-refractivity contribution in [2.24, 2.45) is 0 Å². The molecule has 8 rings (SSSR count). The third-order valence-electron chi connectivity index (χ3n) is 13.0. The van der Waals surface area contributed by atoms with Gasteiger partial charge >= 0.3 is 30.0 Å². The van der Waals surface area contributed by atoms with Crippen LogP contribution in [0.25, 0.3) is 0 Å². The lowest BCUT2D eigenvalue weighted by Crippen LogP contribution is -2.80. The second-order valence-electron chi connectivity index (χ2n) is 18.3. The van der Waals surface area contributed by atoms with E-state index < -0.39 is 33.8 Å². The number of nitrogens with one attached hydrogen (secondary N) is 5. The molecule has 0 aromatic heterocycles. The SMILES string of the molecule is CC.CC(C)(C)OC(=O)N1C2(CCC13CNC3=O)CNC2=O.COC(=O)C(Br)CCC(Br)C(=O)OC.COC(=O)C1CCC(C(=O)OC)N1Cc1ccccc1.O=C1NCC12CCC1(CNC1=O)N2. The number of hydrogen-bond acceptors (Lipinski definition) is 16. The highest BCUT2D eigenvalue weighted by Crippen LogP contribution is 2.47. The van der Waals surface area contributed by atoms with E-state index in [0.29, 0.717) is 71.2 Å². The van der Waals surface area contributed by atoms with Gasteiger partial charge in [-0.15, -0.1) is 0 Å². The molecule has 7 aliphatic heterocycles. The number of halogens is 2. The molecular weight excluding hydrogens is 1030 g/mol. The van der Waals surface area contributed by atoms with Crippen LogP contribution < -0.4 is 26.6 Å². The van der Waals surface area contributed by atoms with E-state index in [1.165, 1.54) is 33.3 Å². The van der Waals surface area contributed by atoms with E-state index in [-0.39, 0.29) is 69.2 Å². The van der Waals surface area contributed by atoms with Gasteiger partial charge in [0.05, 0.1) is 41.5 Å². The van der Waals surface area contributed by atoms with Crippen LogP contribution in [-0.4, -0.2) is 168 Å². The highest BCUT2D eigenvalue weighted by atomic mass is 79.9. The minimum Gasteiger partial charge on any atom is -0.468 e. The van der Waals surface area contributed by atoms with Gasteiger partial charge in [0.15, 0.2) is 0 Å². The molecule has 8 unspecified atom stereocenters. The molecule has 21 nitrogen and oxygen atoms in total. The minimum absolute atomic E-state index is 0.0454. The summed E-state index contributed by atoms with van der Waals surface area (Å²) < 4.78 is 24.1. The zero-order chi connectivity index (χ0) is 51.5. The van der Waals surface area contributed by atoms with E-state index in [0.717, 1.165) is 18.4 Å². The van der Waals surface area contributed by atoms with Crippen molar-refractivity contribution in [2.45, 2.75) is 142 Å². The van der Waals surface area contributed by atoms with Crippen molar-refractivity contribution in [3.8, 4) is 0 Å². The van der Waals surface area contributed by atoms with Crippen LogP contribution in [0, 0.1) is 0 Å². The van der Waals surface area contributed by atoms with Gasteiger partial charge in [0.1, 0.15) is 49.5 Å². The van der Waals surface area contributed by atoms with Crippen LogP contribution >= 0.6 is 31.9 Å². The molecule has 384 valence electrons. The lowest BCUT2D eigenvalue weighted by atomic mass is 9.88. The van der Waals surface area contributed by atoms with E-state index in [1.54, 1.807) is 20.8 Å². The van der Waals surface area contributed by atoms with Crippen LogP contribution in [0.15, 0.2) is 30.3 Å². The molecule has 1 aromatic rings. The Balaban J connectivity index is 0.000000201. The number of hydrogen-bond donors (Lipinski definition) is 5. The molecule has 23 heteroatoms. The van der Waals surface area contributed by atoms with Crippen molar-refractivity contribution in [3.05, 3.63) is 35.9 Å². The van der Waals surface area contributed by atoms with Gasteiger partial charge in [-0.2, -0.15) is 0 Å². The van der Waals surface area contributed by atoms with Gasteiger partial charge in [0.2, 0.25) is 23.6 Å². The summed E-state index contributed by atoms with van der Waals surface area (Å²) in [5.74, 6) is -1.57. The number of rotatable bonds is 9. The van der Waals surface area contributed by atoms with Gasteiger partial charge in [-0.05, 0) is 77.7 Å². The Morgan fingerprint density at radius 1 is 0.638 bits per heavy atom. The third kappa shape index (κ3) is 12.4. The molecule has 7 fully saturated rings. The number of likely N-dealkylation sites (tertiary alicyclic amines) is 2. The zero-order valence-electron chi connectivity index (χ0n) is 40.8. The number of nitrogens with zero attached hydrogens (tertiary/aromatic N) is 2. The maximum Gasteiger partial charge on any atom is 0.412 e. The summed E-state index contributed by atoms with van der Waals surface area (Å²) in [6, 6.07) is 8.98. The Labute approximate surface area is 419 Å². The molecule has 7 saturated heterocycles. The summed E-state index contributed by atoms with van der Waals surface area (Å²) in [7, 11) is 5.38. The summed E-state index contributed by atoms with van der Waals surface area (Å²) in [5.41, 5.74) is -2.25. The van der Waals surface area contributed by atoms with Crippen LogP contribution in [0.4, 0.5) is 4.79 Å². The lowest BCUT2D eigenvalue weighted by molar-refractivity contribution is -0.154. The first kappa shape index (κ1) is 56.7. The van der Waals surface area contributed by atoms with Gasteiger partial charge in [0, 0.05) is 19.6 Å². The number of esters is 4. The number of β-lactam (4-membered cyclic amide) rings is 4. The minimum atomic E-state index is -0.903. The van der Waals surface area contributed by atoms with Gasteiger partial charge in [-0.25, -0.2) is 4.79 Å². The van der Waals surface area contributed by atoms with Gasteiger partial charge < -0.3 is 45.0 Å². The number of benzene rings is 1. The van der Waals surface area contributed by atoms with Crippen molar-refractivity contribution >= 4 is 85.5 Å². The number of carbonyl (C=O) groups excluding carboxylic acids is 9. The fourth-order valence-corrected chi connectivity index (χ4v) is 9.91. The third-order valence-corrected chi connectivity index (χ3v) is 14.7. The summed E-state index contributed by atoms with van der Waals surface area (Å²) in [4.78, 5) is 107. The average molecular weight is 1100 g/mol. The molecular formula is C46H67Br2N7O14. The van der Waals surface area contributed by atoms with Crippen LogP contribution in [0.3, 0.4) is 0 Å². The zero-order valence-corrected chi connectivity index (χ0v) is 43.9. The van der Waals surface area contributed by atoms with E-state index in [1.807, 2.05) is 49.1 Å². The molecule has 7 heterocycles. The maximum absolute atomic E-state index is 12.5. The Kier molecular flexibility index (Phi) is 19.6. The Hall–Kier alpha value is -4.87. The quantitative estimate of drug-likeness (QED) is 0.102. The van der Waals surface area contributed by atoms with E-state index in [4.69, 9.17) is 14.2 Å². The summed E-state index contributed by atoms with van der Waals surface area (Å²) in [5, 5.41) is 13.9. The van der Waals surface area contributed by atoms with Crippen LogP contribution in [0.2, 0.25) is 0 Å². The number of methoxy groups -OCH3 is 4. The second kappa shape index (κ2) is 23.8. The second-order valence-corrected chi connectivity index (χ2v) is 20.5. The van der Waals surface area contributed by atoms with E-state index in [2.05, 4.69) is 67.9 Å². The van der Waals surface area contributed by atoms with Crippen molar-refractivity contribution in [2.75, 3.05) is 54.6 Å². The first-order valence-electron chi connectivity index (χ1n) is 22.9. The molecule has 69 heavy (non-hydrogen) atoms. The Bertz CT molecular complexity index is 1970. The predicted octanol–water partition coefficient (Wildman–Crippen LogP) is 1.89. The van der Waals surface area contributed by atoms with E-state index >= 15 is 0 Å². The van der Waals surface area contributed by atoms with Gasteiger partial charge in [0.25, 0.3) is 0 Å². The summed E-state index contributed by atoms with van der Waals surface area (Å²) in [6.45, 7) is 11.9. The molecule has 0 bridgehead atoms. The normalized spacial score (nSPS) is 28.7. The molecule has 4 spiro atoms. The largest absolute Gasteiger partial charge is 0.468 e. The molecule has 0 radical (unpaired) electrons. The highest BCUT2D eigenvalue weighted by molar-refractivity contribution is 9.10. The van der Waals surface area contributed by atoms with Crippen LogP contribution in [0.5, 0.6) is 0 Å². The first-order chi connectivity index (χ1) is 32.6.